The largest absolute Gasteiger partial charge is 0.314 e. The second-order valence-electron chi connectivity index (χ2n) is 3.19. The summed E-state index contributed by atoms with van der Waals surface area (Å²) >= 11 is 0. The molecule has 0 radical (unpaired) electrons. The van der Waals surface area contributed by atoms with Crippen LogP contribution < -0.4 is 5.32 Å². The van der Waals surface area contributed by atoms with Crippen molar-refractivity contribution in [1.82, 2.24) is 5.32 Å². The molecule has 0 amide bonds. The number of hydrogen-bond acceptors (Lipinski definition) is 1. The predicted octanol–water partition coefficient (Wildman–Crippen LogP) is 1.78. The summed E-state index contributed by atoms with van der Waals surface area (Å²) in [6.07, 6.45) is 4.05. The van der Waals surface area contributed by atoms with Gasteiger partial charge in [-0.15, -0.1) is 0 Å². The van der Waals surface area contributed by atoms with E-state index in [1.807, 2.05) is 0 Å². The third-order valence-electron chi connectivity index (χ3n) is 2.25. The molecule has 9 heavy (non-hydrogen) atoms. The Labute approximate surface area is 57.8 Å². The maximum absolute atomic E-state index is 3.50. The molecule has 0 aliphatic carbocycles. The second kappa shape index (κ2) is 3.21. The third kappa shape index (κ3) is 1.98. The van der Waals surface area contributed by atoms with E-state index in [-0.39, 0.29) is 0 Å². The molecule has 0 aromatic heterocycles. The summed E-state index contributed by atoms with van der Waals surface area (Å²) in [4.78, 5) is 0. The van der Waals surface area contributed by atoms with Crippen LogP contribution in [0, 0.1) is 5.92 Å². The summed E-state index contributed by atoms with van der Waals surface area (Å²) in [5.41, 5.74) is 0. The fourth-order valence-electron chi connectivity index (χ4n) is 1.53. The quantitative estimate of drug-likeness (QED) is 0.566. The first-order valence-corrected chi connectivity index (χ1v) is 4.06. The van der Waals surface area contributed by atoms with Crippen molar-refractivity contribution in [2.45, 2.75) is 39.2 Å². The van der Waals surface area contributed by atoms with Gasteiger partial charge in [-0.3, -0.25) is 0 Å². The Bertz CT molecular complexity index is 80.6. The molecule has 2 atom stereocenters. The average molecular weight is 127 g/mol. The Hall–Kier alpha value is -0.0400. The van der Waals surface area contributed by atoms with Gasteiger partial charge < -0.3 is 5.32 Å². The van der Waals surface area contributed by atoms with Crippen LogP contribution in [0.15, 0.2) is 0 Å². The van der Waals surface area contributed by atoms with Crippen molar-refractivity contribution < 1.29 is 0 Å². The molecule has 1 heteroatoms. The van der Waals surface area contributed by atoms with Gasteiger partial charge in [0.05, 0.1) is 0 Å². The first kappa shape index (κ1) is 7.07. The maximum Gasteiger partial charge on any atom is 0.00669 e. The van der Waals surface area contributed by atoms with Gasteiger partial charge in [0.2, 0.25) is 0 Å². The molecule has 0 spiro atoms. The SMILES string of the molecule is CC[C@@H]1C[C@H](C)CCN1. The fraction of sp³-hybridized carbons (Fsp3) is 1.00. The Morgan fingerprint density at radius 3 is 2.78 bits per heavy atom. The normalized spacial score (nSPS) is 36.7. The lowest BCUT2D eigenvalue weighted by Gasteiger charge is -2.26. The van der Waals surface area contributed by atoms with Gasteiger partial charge >= 0.3 is 0 Å². The standard InChI is InChI=1S/C8H17N/c1-3-8-6-7(2)4-5-9-8/h7-9H,3-6H2,1-2H3/t7-,8-/m1/s1. The van der Waals surface area contributed by atoms with Gasteiger partial charge in [0.15, 0.2) is 0 Å². The highest BCUT2D eigenvalue weighted by Gasteiger charge is 2.15. The van der Waals surface area contributed by atoms with Crippen LogP contribution in [0.5, 0.6) is 0 Å². The molecule has 1 fully saturated rings. The second-order valence-corrected chi connectivity index (χ2v) is 3.19. The lowest BCUT2D eigenvalue weighted by molar-refractivity contribution is 0.314. The summed E-state index contributed by atoms with van der Waals surface area (Å²) in [5, 5.41) is 3.50. The minimum Gasteiger partial charge on any atom is -0.314 e. The summed E-state index contributed by atoms with van der Waals surface area (Å²) in [7, 11) is 0. The molecule has 0 unspecified atom stereocenters. The lowest BCUT2D eigenvalue weighted by atomic mass is 9.93. The predicted molar refractivity (Wildman–Crippen MR) is 40.5 cm³/mol. The Morgan fingerprint density at radius 1 is 1.56 bits per heavy atom. The molecular formula is C8H17N. The van der Waals surface area contributed by atoms with Crippen molar-refractivity contribution in [3.8, 4) is 0 Å². The highest BCUT2D eigenvalue weighted by molar-refractivity contribution is 4.74. The van der Waals surface area contributed by atoms with E-state index < -0.39 is 0 Å². The van der Waals surface area contributed by atoms with Gasteiger partial charge in [0, 0.05) is 6.04 Å². The zero-order valence-electron chi connectivity index (χ0n) is 6.48. The average Bonchev–Trinajstić information content (AvgIpc) is 1.88. The minimum atomic E-state index is 0.814. The fourth-order valence-corrected chi connectivity index (χ4v) is 1.53. The lowest BCUT2D eigenvalue weighted by Crippen LogP contribution is -2.36. The van der Waals surface area contributed by atoms with E-state index in [0.717, 1.165) is 12.0 Å². The molecule has 1 nitrogen and oxygen atoms in total. The molecule has 1 N–H and O–H groups in total. The minimum absolute atomic E-state index is 0.814. The van der Waals surface area contributed by atoms with Gasteiger partial charge in [-0.25, -0.2) is 0 Å². The smallest absolute Gasteiger partial charge is 0.00669 e. The summed E-state index contributed by atoms with van der Waals surface area (Å²) < 4.78 is 0. The van der Waals surface area contributed by atoms with Crippen LogP contribution >= 0.6 is 0 Å². The highest BCUT2D eigenvalue weighted by Crippen LogP contribution is 2.16. The molecule has 1 heterocycles. The molecular weight excluding hydrogens is 110 g/mol. The molecule has 0 bridgehead atoms. The van der Waals surface area contributed by atoms with Gasteiger partial charge in [0.1, 0.15) is 0 Å². The summed E-state index contributed by atoms with van der Waals surface area (Å²) in [6.45, 7) is 5.85. The first-order chi connectivity index (χ1) is 4.33. The van der Waals surface area contributed by atoms with Gasteiger partial charge in [-0.2, -0.15) is 0 Å². The van der Waals surface area contributed by atoms with Crippen LogP contribution in [0.4, 0.5) is 0 Å². The molecule has 0 aromatic rings. The molecule has 0 saturated carbocycles. The van der Waals surface area contributed by atoms with Crippen LogP contribution in [0.25, 0.3) is 0 Å². The third-order valence-corrected chi connectivity index (χ3v) is 2.25. The van der Waals surface area contributed by atoms with Crippen molar-refractivity contribution in [3.05, 3.63) is 0 Å². The van der Waals surface area contributed by atoms with Crippen molar-refractivity contribution >= 4 is 0 Å². The first-order valence-electron chi connectivity index (χ1n) is 4.06. The van der Waals surface area contributed by atoms with Gasteiger partial charge in [0.25, 0.3) is 0 Å². The van der Waals surface area contributed by atoms with E-state index in [9.17, 15) is 0 Å². The number of rotatable bonds is 1. The zero-order valence-corrected chi connectivity index (χ0v) is 6.48. The summed E-state index contributed by atoms with van der Waals surface area (Å²) in [6, 6.07) is 0.814. The Kier molecular flexibility index (Phi) is 2.52. The van der Waals surface area contributed by atoms with Gasteiger partial charge in [-0.1, -0.05) is 13.8 Å². The van der Waals surface area contributed by atoms with E-state index in [2.05, 4.69) is 19.2 Å². The molecule has 1 saturated heterocycles. The van der Waals surface area contributed by atoms with Crippen molar-refractivity contribution in [1.29, 1.82) is 0 Å². The molecule has 1 aliphatic heterocycles. The van der Waals surface area contributed by atoms with E-state index >= 15 is 0 Å². The Balaban J connectivity index is 2.23. The zero-order chi connectivity index (χ0) is 6.69. The van der Waals surface area contributed by atoms with E-state index in [4.69, 9.17) is 0 Å². The number of nitrogens with one attached hydrogen (secondary N) is 1. The van der Waals surface area contributed by atoms with Gasteiger partial charge in [-0.05, 0) is 31.7 Å². The highest BCUT2D eigenvalue weighted by atomic mass is 14.9. The maximum atomic E-state index is 3.50. The van der Waals surface area contributed by atoms with E-state index in [1.165, 1.54) is 25.8 Å². The molecule has 54 valence electrons. The van der Waals surface area contributed by atoms with Crippen LogP contribution in [0.3, 0.4) is 0 Å². The topological polar surface area (TPSA) is 12.0 Å². The van der Waals surface area contributed by atoms with Crippen molar-refractivity contribution in [2.24, 2.45) is 5.92 Å². The van der Waals surface area contributed by atoms with E-state index in [1.54, 1.807) is 0 Å². The molecule has 1 rings (SSSR count). The van der Waals surface area contributed by atoms with Crippen LogP contribution in [0.1, 0.15) is 33.1 Å². The summed E-state index contributed by atoms with van der Waals surface area (Å²) in [5.74, 6) is 0.955. The number of hydrogen-bond donors (Lipinski definition) is 1. The van der Waals surface area contributed by atoms with Crippen molar-refractivity contribution in [2.75, 3.05) is 6.54 Å². The van der Waals surface area contributed by atoms with Crippen molar-refractivity contribution in [3.63, 3.8) is 0 Å². The molecule has 0 aromatic carbocycles. The molecule has 1 aliphatic rings. The Morgan fingerprint density at radius 2 is 2.33 bits per heavy atom. The van der Waals surface area contributed by atoms with Crippen LogP contribution in [-0.4, -0.2) is 12.6 Å². The monoisotopic (exact) mass is 127 g/mol. The van der Waals surface area contributed by atoms with Crippen LogP contribution in [-0.2, 0) is 0 Å². The van der Waals surface area contributed by atoms with E-state index in [0.29, 0.717) is 0 Å². The van der Waals surface area contributed by atoms with Crippen LogP contribution in [0.2, 0.25) is 0 Å². The number of piperidine rings is 1.